The number of fused-ring (bicyclic) bond motifs is 1. The van der Waals surface area contributed by atoms with Gasteiger partial charge in [0.2, 0.25) is 11.8 Å². The lowest BCUT2D eigenvalue weighted by Crippen LogP contribution is -2.32. The van der Waals surface area contributed by atoms with Gasteiger partial charge in [-0.3, -0.25) is 0 Å². The number of carbonyl (C=O) groups is 2. The normalized spacial score (nSPS) is 12.0. The molecule has 0 aliphatic heterocycles. The summed E-state index contributed by atoms with van der Waals surface area (Å²) in [6.07, 6.45) is 1.16. The number of amides is 1. The number of para-hydroxylation sites is 1. The molecule has 3 heterocycles. The smallest absolute Gasteiger partial charge is 0.408 e. The van der Waals surface area contributed by atoms with Crippen LogP contribution in [0.3, 0.4) is 0 Å². The maximum absolute atomic E-state index is 12.6. The van der Waals surface area contributed by atoms with E-state index in [1.54, 1.807) is 13.1 Å². The average Bonchev–Trinajstić information content (AvgIpc) is 3.66. The maximum Gasteiger partial charge on any atom is 0.408 e. The van der Waals surface area contributed by atoms with E-state index in [1.165, 1.54) is 7.11 Å². The Kier molecular flexibility index (Phi) is 7.18. The number of nitrogens with zero attached hydrogens (tertiary/aromatic N) is 2. The average molecular weight is 529 g/mol. The number of hydrogen-bond acceptors (Lipinski definition) is 8. The molecule has 10 heteroatoms. The van der Waals surface area contributed by atoms with E-state index < -0.39 is 18.1 Å². The number of hydrogen-bond donors (Lipinski definition) is 2. The number of alkyl carbamates (subject to hydrolysis) is 1. The first-order valence-electron chi connectivity index (χ1n) is 12.5. The van der Waals surface area contributed by atoms with Crippen LogP contribution in [0, 0.1) is 12.8 Å². The molecule has 0 unspecified atom stereocenters. The van der Waals surface area contributed by atoms with Crippen molar-refractivity contribution in [2.75, 3.05) is 7.11 Å². The number of rotatable bonds is 8. The van der Waals surface area contributed by atoms with Gasteiger partial charge in [-0.1, -0.05) is 62.4 Å². The second kappa shape index (κ2) is 10.9. The minimum atomic E-state index is -0.644. The zero-order valence-electron chi connectivity index (χ0n) is 22.0. The molecule has 1 atom stereocenters. The number of esters is 1. The third-order valence-electron chi connectivity index (χ3n) is 6.27. The molecule has 200 valence electrons. The van der Waals surface area contributed by atoms with Crippen molar-refractivity contribution in [1.29, 1.82) is 0 Å². The van der Waals surface area contributed by atoms with Gasteiger partial charge >= 0.3 is 12.1 Å². The highest BCUT2D eigenvalue weighted by molar-refractivity contribution is 6.01. The van der Waals surface area contributed by atoms with Crippen molar-refractivity contribution >= 4 is 23.0 Å². The van der Waals surface area contributed by atoms with Crippen LogP contribution in [0.2, 0.25) is 0 Å². The van der Waals surface area contributed by atoms with Gasteiger partial charge in [0.25, 0.3) is 0 Å². The summed E-state index contributed by atoms with van der Waals surface area (Å²) in [7, 11) is 1.28. The topological polar surface area (TPSA) is 132 Å². The van der Waals surface area contributed by atoms with Gasteiger partial charge in [-0.15, -0.1) is 0 Å². The minimum Gasteiger partial charge on any atom is -0.464 e. The van der Waals surface area contributed by atoms with Crippen molar-refractivity contribution in [3.8, 4) is 22.9 Å². The summed E-state index contributed by atoms with van der Waals surface area (Å²) >= 11 is 0. The molecular formula is C29H28N4O6. The van der Waals surface area contributed by atoms with Crippen LogP contribution in [0.5, 0.6) is 0 Å². The Labute approximate surface area is 224 Å². The summed E-state index contributed by atoms with van der Waals surface area (Å²) < 4.78 is 22.4. The standard InChI is InChI=1S/C29H28N4O6/c1-16(2)22(33-29(35)37-15-18-10-6-5-7-11-18)26-31-23(17(3)38-26)27-32-24(28(34)36-4)25(39-27)20-14-30-21-13-9-8-12-19(20)21/h5-14,16,22,30H,15H2,1-4H3,(H,33,35)/t22-/m0/s1. The van der Waals surface area contributed by atoms with E-state index in [1.807, 2.05) is 68.4 Å². The Bertz CT molecular complexity index is 1620. The van der Waals surface area contributed by atoms with E-state index in [0.717, 1.165) is 16.5 Å². The number of aryl methyl sites for hydroxylation is 1. The fourth-order valence-electron chi connectivity index (χ4n) is 4.25. The monoisotopic (exact) mass is 528 g/mol. The lowest BCUT2D eigenvalue weighted by atomic mass is 10.1. The first kappa shape index (κ1) is 25.8. The van der Waals surface area contributed by atoms with E-state index in [0.29, 0.717) is 17.0 Å². The number of nitrogens with one attached hydrogen (secondary N) is 2. The molecule has 0 aliphatic carbocycles. The van der Waals surface area contributed by atoms with Crippen LogP contribution in [0.15, 0.2) is 69.6 Å². The van der Waals surface area contributed by atoms with Gasteiger partial charge in [0.15, 0.2) is 17.1 Å². The van der Waals surface area contributed by atoms with Crippen molar-refractivity contribution in [3.63, 3.8) is 0 Å². The summed E-state index contributed by atoms with van der Waals surface area (Å²) in [5.41, 5.74) is 2.75. The van der Waals surface area contributed by atoms with E-state index in [2.05, 4.69) is 20.3 Å². The van der Waals surface area contributed by atoms with E-state index in [9.17, 15) is 9.59 Å². The molecule has 5 aromatic rings. The number of ether oxygens (including phenoxy) is 2. The molecule has 0 radical (unpaired) electrons. The first-order valence-corrected chi connectivity index (χ1v) is 12.5. The molecule has 0 fully saturated rings. The molecule has 1 amide bonds. The van der Waals surface area contributed by atoms with Gasteiger partial charge in [-0.25, -0.2) is 14.6 Å². The fraction of sp³-hybridized carbons (Fsp3) is 0.241. The number of oxazole rings is 2. The Morgan fingerprint density at radius 3 is 2.51 bits per heavy atom. The van der Waals surface area contributed by atoms with Gasteiger partial charge in [0.1, 0.15) is 18.4 Å². The highest BCUT2D eigenvalue weighted by Gasteiger charge is 2.30. The Morgan fingerprint density at radius 1 is 1.03 bits per heavy atom. The van der Waals surface area contributed by atoms with Crippen molar-refractivity contribution in [1.82, 2.24) is 20.3 Å². The van der Waals surface area contributed by atoms with Crippen LogP contribution < -0.4 is 5.32 Å². The lowest BCUT2D eigenvalue weighted by Gasteiger charge is -2.19. The van der Waals surface area contributed by atoms with Gasteiger partial charge in [-0.05, 0) is 24.5 Å². The number of aromatic nitrogens is 3. The third kappa shape index (κ3) is 5.26. The number of H-pyrrole nitrogens is 1. The summed E-state index contributed by atoms with van der Waals surface area (Å²) in [5.74, 6) is 0.309. The predicted octanol–water partition coefficient (Wildman–Crippen LogP) is 6.20. The molecule has 10 nitrogen and oxygen atoms in total. The Morgan fingerprint density at radius 2 is 1.77 bits per heavy atom. The fourth-order valence-corrected chi connectivity index (χ4v) is 4.25. The highest BCUT2D eigenvalue weighted by Crippen LogP contribution is 2.36. The number of aromatic amines is 1. The molecule has 0 aliphatic rings. The summed E-state index contributed by atoms with van der Waals surface area (Å²) in [6.45, 7) is 5.70. The summed E-state index contributed by atoms with van der Waals surface area (Å²) in [4.78, 5) is 37.4. The van der Waals surface area contributed by atoms with Crippen LogP contribution >= 0.6 is 0 Å². The molecular weight excluding hydrogens is 500 g/mol. The number of benzene rings is 2. The van der Waals surface area contributed by atoms with Gasteiger partial charge in [0.05, 0.1) is 7.11 Å². The van der Waals surface area contributed by atoms with Crippen LogP contribution in [0.1, 0.15) is 47.6 Å². The quantitative estimate of drug-likeness (QED) is 0.228. The molecule has 2 aromatic carbocycles. The van der Waals surface area contributed by atoms with Crippen molar-refractivity contribution in [2.24, 2.45) is 5.92 Å². The second-order valence-corrected chi connectivity index (χ2v) is 9.32. The first-order chi connectivity index (χ1) is 18.9. The predicted molar refractivity (Wildman–Crippen MR) is 143 cm³/mol. The number of methoxy groups -OCH3 is 1. The SMILES string of the molecule is COC(=O)c1nc(-c2nc([C@@H](NC(=O)OCc3ccccc3)C(C)C)oc2C)oc1-c1c[nH]c2ccccc12. The van der Waals surface area contributed by atoms with Gasteiger partial charge in [-0.2, -0.15) is 4.98 Å². The molecule has 0 saturated heterocycles. The van der Waals surface area contributed by atoms with Crippen LogP contribution in [0.4, 0.5) is 4.79 Å². The third-order valence-corrected chi connectivity index (χ3v) is 6.27. The molecule has 0 saturated carbocycles. The Hall–Kier alpha value is -4.86. The zero-order chi connectivity index (χ0) is 27.5. The van der Waals surface area contributed by atoms with Crippen LogP contribution in [-0.2, 0) is 16.1 Å². The number of carbonyl (C=O) groups excluding carboxylic acids is 2. The van der Waals surface area contributed by atoms with Crippen LogP contribution in [0.25, 0.3) is 33.8 Å². The Balaban J connectivity index is 1.44. The van der Waals surface area contributed by atoms with E-state index in [4.69, 9.17) is 18.3 Å². The molecule has 39 heavy (non-hydrogen) atoms. The van der Waals surface area contributed by atoms with Crippen molar-refractivity contribution < 1.29 is 27.9 Å². The van der Waals surface area contributed by atoms with Crippen molar-refractivity contribution in [3.05, 3.63) is 83.7 Å². The highest BCUT2D eigenvalue weighted by atomic mass is 16.5. The maximum atomic E-state index is 12.6. The summed E-state index contributed by atoms with van der Waals surface area (Å²) in [5, 5.41) is 3.70. The molecule has 0 spiro atoms. The molecule has 3 aromatic heterocycles. The zero-order valence-corrected chi connectivity index (χ0v) is 22.0. The van der Waals surface area contributed by atoms with E-state index in [-0.39, 0.29) is 35.8 Å². The van der Waals surface area contributed by atoms with Gasteiger partial charge in [0, 0.05) is 22.7 Å². The minimum absolute atomic E-state index is 0.0178. The van der Waals surface area contributed by atoms with Crippen molar-refractivity contribution in [2.45, 2.75) is 33.4 Å². The summed E-state index contributed by atoms with van der Waals surface area (Å²) in [6, 6.07) is 16.5. The van der Waals surface area contributed by atoms with E-state index >= 15 is 0 Å². The van der Waals surface area contributed by atoms with Gasteiger partial charge < -0.3 is 28.6 Å². The molecule has 2 N–H and O–H groups in total. The largest absolute Gasteiger partial charge is 0.464 e. The second-order valence-electron chi connectivity index (χ2n) is 9.32. The molecule has 0 bridgehead atoms. The van der Waals surface area contributed by atoms with Crippen LogP contribution in [-0.4, -0.2) is 34.1 Å². The lowest BCUT2D eigenvalue weighted by molar-refractivity contribution is 0.0595. The molecule has 5 rings (SSSR count).